The SMILES string of the molecule is C1=CNCN1.O=P(O)(O)O. The van der Waals surface area contributed by atoms with Gasteiger partial charge in [0.2, 0.25) is 0 Å². The van der Waals surface area contributed by atoms with Crippen molar-refractivity contribution in [2.45, 2.75) is 0 Å². The fourth-order valence-corrected chi connectivity index (χ4v) is 0.295. The molecule has 7 heteroatoms. The maximum atomic E-state index is 8.88. The number of nitrogens with one attached hydrogen (secondary N) is 2. The molecule has 0 aromatic carbocycles. The summed E-state index contributed by atoms with van der Waals surface area (Å²) >= 11 is 0. The summed E-state index contributed by atoms with van der Waals surface area (Å²) in [5.74, 6) is 0. The van der Waals surface area contributed by atoms with Gasteiger partial charge in [-0.2, -0.15) is 0 Å². The third-order valence-corrected chi connectivity index (χ3v) is 0.523. The molecule has 0 saturated carbocycles. The fraction of sp³-hybridized carbons (Fsp3) is 0.333. The first-order valence-corrected chi connectivity index (χ1v) is 3.97. The molecule has 1 heterocycles. The number of hydrogen-bond acceptors (Lipinski definition) is 3. The average Bonchev–Trinajstić information content (AvgIpc) is 2.07. The van der Waals surface area contributed by atoms with Gasteiger partial charge >= 0.3 is 7.82 Å². The van der Waals surface area contributed by atoms with Crippen LogP contribution in [0, 0.1) is 0 Å². The molecule has 0 bridgehead atoms. The standard InChI is InChI=1S/C3H6N2.H3O4P/c1-2-5-3-4-1;1-5(2,3)4/h1-2,4-5H,3H2;(H3,1,2,3,4). The summed E-state index contributed by atoms with van der Waals surface area (Å²) in [6, 6.07) is 0. The summed E-state index contributed by atoms with van der Waals surface area (Å²) < 4.78 is 8.88. The Balaban J connectivity index is 0.000000162. The van der Waals surface area contributed by atoms with Gasteiger partial charge in [0.1, 0.15) is 0 Å². The molecule has 0 aromatic rings. The quantitative estimate of drug-likeness (QED) is 0.287. The van der Waals surface area contributed by atoms with Crippen molar-refractivity contribution in [3.63, 3.8) is 0 Å². The van der Waals surface area contributed by atoms with Gasteiger partial charge in [-0.15, -0.1) is 0 Å². The van der Waals surface area contributed by atoms with Crippen LogP contribution in [0.15, 0.2) is 12.4 Å². The van der Waals surface area contributed by atoms with Crippen LogP contribution in [0.25, 0.3) is 0 Å². The van der Waals surface area contributed by atoms with Gasteiger partial charge in [0, 0.05) is 12.4 Å². The summed E-state index contributed by atoms with van der Waals surface area (Å²) in [6.45, 7) is 0.889. The lowest BCUT2D eigenvalue weighted by molar-refractivity contribution is 0.275. The molecule has 1 aliphatic rings. The van der Waals surface area contributed by atoms with Crippen LogP contribution in [0.3, 0.4) is 0 Å². The van der Waals surface area contributed by atoms with Gasteiger partial charge in [-0.25, -0.2) is 4.57 Å². The molecule has 0 atom stereocenters. The third kappa shape index (κ3) is 15.7. The van der Waals surface area contributed by atoms with Crippen LogP contribution in [-0.2, 0) is 4.57 Å². The van der Waals surface area contributed by atoms with Crippen LogP contribution in [0.4, 0.5) is 0 Å². The summed E-state index contributed by atoms with van der Waals surface area (Å²) in [7, 11) is -4.64. The Bertz CT molecular complexity index is 138. The lowest BCUT2D eigenvalue weighted by Gasteiger charge is -1.82. The van der Waals surface area contributed by atoms with Crippen LogP contribution < -0.4 is 10.6 Å². The van der Waals surface area contributed by atoms with E-state index in [-0.39, 0.29) is 0 Å². The number of phosphoric acid groups is 1. The minimum Gasteiger partial charge on any atom is -0.373 e. The first-order valence-electron chi connectivity index (χ1n) is 2.40. The average molecular weight is 168 g/mol. The van der Waals surface area contributed by atoms with E-state index in [4.69, 9.17) is 19.2 Å². The highest BCUT2D eigenvalue weighted by Crippen LogP contribution is 2.25. The van der Waals surface area contributed by atoms with Gasteiger partial charge in [0.15, 0.2) is 0 Å². The van der Waals surface area contributed by atoms with E-state index in [0.717, 1.165) is 6.67 Å². The van der Waals surface area contributed by atoms with E-state index in [2.05, 4.69) is 10.6 Å². The lowest BCUT2D eigenvalue weighted by Crippen LogP contribution is -2.10. The fourth-order valence-electron chi connectivity index (χ4n) is 0.295. The van der Waals surface area contributed by atoms with Gasteiger partial charge in [-0.05, 0) is 0 Å². The van der Waals surface area contributed by atoms with E-state index >= 15 is 0 Å². The van der Waals surface area contributed by atoms with Crippen molar-refractivity contribution in [3.05, 3.63) is 12.4 Å². The molecule has 0 radical (unpaired) electrons. The van der Waals surface area contributed by atoms with E-state index in [9.17, 15) is 0 Å². The minimum atomic E-state index is -4.64. The van der Waals surface area contributed by atoms with Gasteiger partial charge in [-0.3, -0.25) is 0 Å². The van der Waals surface area contributed by atoms with E-state index in [0.29, 0.717) is 0 Å². The molecule has 0 aromatic heterocycles. The lowest BCUT2D eigenvalue weighted by atomic mass is 11.0. The number of rotatable bonds is 0. The maximum absolute atomic E-state index is 8.88. The predicted molar refractivity (Wildman–Crippen MR) is 34.5 cm³/mol. The largest absolute Gasteiger partial charge is 0.466 e. The van der Waals surface area contributed by atoms with E-state index in [1.165, 1.54) is 0 Å². The van der Waals surface area contributed by atoms with Gasteiger partial charge in [0.05, 0.1) is 6.67 Å². The van der Waals surface area contributed by atoms with Gasteiger partial charge in [-0.1, -0.05) is 0 Å². The Morgan fingerprint density at radius 3 is 1.60 bits per heavy atom. The van der Waals surface area contributed by atoms with Crippen molar-refractivity contribution in [1.82, 2.24) is 10.6 Å². The van der Waals surface area contributed by atoms with Crippen LogP contribution in [-0.4, -0.2) is 21.3 Å². The zero-order chi connectivity index (χ0) is 8.04. The van der Waals surface area contributed by atoms with Crippen LogP contribution in [0.1, 0.15) is 0 Å². The summed E-state index contributed by atoms with van der Waals surface area (Å²) in [5, 5.41) is 5.86. The molecule has 1 rings (SSSR count). The zero-order valence-corrected chi connectivity index (χ0v) is 5.95. The topological polar surface area (TPSA) is 102 Å². The van der Waals surface area contributed by atoms with E-state index in [1.807, 2.05) is 12.4 Å². The van der Waals surface area contributed by atoms with Crippen molar-refractivity contribution in [3.8, 4) is 0 Å². The first-order chi connectivity index (χ1) is 4.50. The van der Waals surface area contributed by atoms with Crippen molar-refractivity contribution < 1.29 is 19.2 Å². The molecular weight excluding hydrogens is 159 g/mol. The summed E-state index contributed by atoms with van der Waals surface area (Å²) in [6.07, 6.45) is 3.75. The van der Waals surface area contributed by atoms with Crippen molar-refractivity contribution in [1.29, 1.82) is 0 Å². The summed E-state index contributed by atoms with van der Waals surface area (Å²) in [5.41, 5.74) is 0. The molecule has 10 heavy (non-hydrogen) atoms. The third-order valence-electron chi connectivity index (χ3n) is 0.523. The summed E-state index contributed by atoms with van der Waals surface area (Å²) in [4.78, 5) is 21.6. The maximum Gasteiger partial charge on any atom is 0.466 e. The van der Waals surface area contributed by atoms with Gasteiger partial charge in [0.25, 0.3) is 0 Å². The Morgan fingerprint density at radius 2 is 1.50 bits per heavy atom. The second kappa shape index (κ2) is 4.29. The first kappa shape index (κ1) is 9.45. The highest BCUT2D eigenvalue weighted by molar-refractivity contribution is 7.45. The molecular formula is C3H9N2O4P. The highest BCUT2D eigenvalue weighted by atomic mass is 31.2. The molecule has 60 valence electrons. The molecule has 0 saturated heterocycles. The highest BCUT2D eigenvalue weighted by Gasteiger charge is 2.00. The molecule has 0 spiro atoms. The Kier molecular flexibility index (Phi) is 4.06. The van der Waals surface area contributed by atoms with Crippen LogP contribution in [0.2, 0.25) is 0 Å². The molecule has 0 aliphatic carbocycles. The van der Waals surface area contributed by atoms with Crippen molar-refractivity contribution in [2.24, 2.45) is 0 Å². The predicted octanol–water partition coefficient (Wildman–Crippen LogP) is -1.32. The molecule has 1 aliphatic heterocycles. The molecule has 6 nitrogen and oxygen atoms in total. The normalized spacial score (nSPS) is 14.7. The Morgan fingerprint density at radius 1 is 1.20 bits per heavy atom. The molecule has 0 unspecified atom stereocenters. The van der Waals surface area contributed by atoms with E-state index in [1.54, 1.807) is 0 Å². The molecule has 0 amide bonds. The Labute approximate surface area is 57.8 Å². The van der Waals surface area contributed by atoms with Gasteiger partial charge < -0.3 is 25.3 Å². The molecule has 0 fully saturated rings. The van der Waals surface area contributed by atoms with E-state index < -0.39 is 7.82 Å². The zero-order valence-electron chi connectivity index (χ0n) is 5.06. The number of hydrogen-bond donors (Lipinski definition) is 5. The molecule has 5 N–H and O–H groups in total. The van der Waals surface area contributed by atoms with Crippen LogP contribution in [0.5, 0.6) is 0 Å². The monoisotopic (exact) mass is 168 g/mol. The second-order valence-corrected chi connectivity index (χ2v) is 2.46. The van der Waals surface area contributed by atoms with Crippen molar-refractivity contribution in [2.75, 3.05) is 6.67 Å². The van der Waals surface area contributed by atoms with Crippen LogP contribution >= 0.6 is 7.82 Å². The Hall–Kier alpha value is -0.550. The van der Waals surface area contributed by atoms with Crippen molar-refractivity contribution >= 4 is 7.82 Å². The minimum absolute atomic E-state index is 0.889. The smallest absolute Gasteiger partial charge is 0.373 e. The second-order valence-electron chi connectivity index (χ2n) is 1.43.